The molecule has 0 aliphatic heterocycles. The van der Waals surface area contributed by atoms with Gasteiger partial charge in [-0.3, -0.25) is 0 Å². The Bertz CT molecular complexity index is 168. The van der Waals surface area contributed by atoms with Gasteiger partial charge >= 0.3 is 0 Å². The van der Waals surface area contributed by atoms with Gasteiger partial charge < -0.3 is 0 Å². The predicted molar refractivity (Wildman–Crippen MR) is 55.4 cm³/mol. The first-order chi connectivity index (χ1) is 5.89. The van der Waals surface area contributed by atoms with Crippen molar-refractivity contribution in [1.29, 1.82) is 0 Å². The molecule has 1 aliphatic rings. The Hall–Kier alpha value is -0.230. The van der Waals surface area contributed by atoms with E-state index in [1.165, 1.54) is 25.7 Å². The van der Waals surface area contributed by atoms with Gasteiger partial charge in [0.05, 0.1) is 0 Å². The van der Waals surface area contributed by atoms with E-state index < -0.39 is 0 Å². The zero-order valence-electron chi connectivity index (χ0n) is 7.56. The molecule has 0 spiro atoms. The zero-order valence-corrected chi connectivity index (χ0v) is 8.32. The summed E-state index contributed by atoms with van der Waals surface area (Å²) in [4.78, 5) is 0. The molecule has 0 atom stereocenters. The van der Waals surface area contributed by atoms with E-state index in [0.717, 1.165) is 24.3 Å². The molecule has 0 nitrogen and oxygen atoms in total. The van der Waals surface area contributed by atoms with Gasteiger partial charge in [-0.1, -0.05) is 36.2 Å². The van der Waals surface area contributed by atoms with Crippen molar-refractivity contribution >= 4 is 11.6 Å². The molecule has 0 aromatic carbocycles. The van der Waals surface area contributed by atoms with Crippen LogP contribution in [-0.2, 0) is 0 Å². The van der Waals surface area contributed by atoms with Gasteiger partial charge in [-0.15, -0.1) is 0 Å². The zero-order chi connectivity index (χ0) is 8.65. The molecule has 0 fully saturated rings. The van der Waals surface area contributed by atoms with Crippen molar-refractivity contribution in [1.82, 2.24) is 0 Å². The molecule has 0 bridgehead atoms. The van der Waals surface area contributed by atoms with E-state index in [-0.39, 0.29) is 0 Å². The molecule has 0 aromatic rings. The molecule has 1 rings (SSSR count). The van der Waals surface area contributed by atoms with Gasteiger partial charge in [-0.25, -0.2) is 0 Å². The third-order valence-corrected chi connectivity index (χ3v) is 2.50. The summed E-state index contributed by atoms with van der Waals surface area (Å²) in [5.74, 6) is 0. The molecule has 0 radical (unpaired) electrons. The number of halogens is 1. The fourth-order valence-electron chi connectivity index (χ4n) is 1.41. The monoisotopic (exact) mass is 184 g/mol. The van der Waals surface area contributed by atoms with Gasteiger partial charge in [-0.05, 0) is 38.5 Å². The van der Waals surface area contributed by atoms with Crippen molar-refractivity contribution < 1.29 is 0 Å². The van der Waals surface area contributed by atoms with E-state index in [2.05, 4.69) is 18.2 Å². The van der Waals surface area contributed by atoms with E-state index in [1.807, 2.05) is 0 Å². The smallest absolute Gasteiger partial charge is 0.0141 e. The molecular formula is C11H17Cl. The lowest BCUT2D eigenvalue weighted by Crippen LogP contribution is -1.77. The molecular weight excluding hydrogens is 168 g/mol. The highest BCUT2D eigenvalue weighted by Gasteiger charge is 1.94. The van der Waals surface area contributed by atoms with Crippen LogP contribution in [0.2, 0.25) is 0 Å². The average Bonchev–Trinajstić information content (AvgIpc) is 2.11. The van der Waals surface area contributed by atoms with Crippen LogP contribution in [0.5, 0.6) is 0 Å². The van der Waals surface area contributed by atoms with Gasteiger partial charge in [0.1, 0.15) is 0 Å². The standard InChI is InChI=1S/C11H17Cl/c12-11-9-7-5-3-1-2-4-6-8-10-11/h1,3,9H,2,4-8,10H2/b3-1-,11-9+. The number of hydrogen-bond acceptors (Lipinski definition) is 0. The van der Waals surface area contributed by atoms with Crippen molar-refractivity contribution in [3.63, 3.8) is 0 Å². The molecule has 0 aromatic heterocycles. The van der Waals surface area contributed by atoms with Crippen LogP contribution in [-0.4, -0.2) is 0 Å². The summed E-state index contributed by atoms with van der Waals surface area (Å²) in [5, 5.41) is 1.06. The highest BCUT2D eigenvalue weighted by molar-refractivity contribution is 6.29. The summed E-state index contributed by atoms with van der Waals surface area (Å²) in [6.45, 7) is 0. The molecule has 0 saturated carbocycles. The minimum Gasteiger partial charge on any atom is -0.0895 e. The Morgan fingerprint density at radius 1 is 0.917 bits per heavy atom. The lowest BCUT2D eigenvalue weighted by atomic mass is 10.1. The maximum atomic E-state index is 6.01. The first-order valence-electron chi connectivity index (χ1n) is 4.89. The van der Waals surface area contributed by atoms with E-state index in [9.17, 15) is 0 Å². The maximum absolute atomic E-state index is 6.01. The number of allylic oxidation sites excluding steroid dienone is 4. The van der Waals surface area contributed by atoms with Gasteiger partial charge in [0.2, 0.25) is 0 Å². The van der Waals surface area contributed by atoms with Crippen molar-refractivity contribution in [2.45, 2.75) is 44.9 Å². The molecule has 0 unspecified atom stereocenters. The SMILES string of the molecule is Cl/C1=C/CC/C=C\CCCCC1. The van der Waals surface area contributed by atoms with Crippen molar-refractivity contribution in [3.05, 3.63) is 23.3 Å². The Morgan fingerprint density at radius 2 is 1.75 bits per heavy atom. The molecule has 0 heterocycles. The number of hydrogen-bond donors (Lipinski definition) is 0. The second-order valence-electron chi connectivity index (χ2n) is 3.30. The first kappa shape index (κ1) is 9.85. The summed E-state index contributed by atoms with van der Waals surface area (Å²) in [5.41, 5.74) is 0. The van der Waals surface area contributed by atoms with Crippen LogP contribution in [0.15, 0.2) is 23.3 Å². The van der Waals surface area contributed by atoms with Gasteiger partial charge in [-0.2, -0.15) is 0 Å². The van der Waals surface area contributed by atoms with Crippen LogP contribution in [0.3, 0.4) is 0 Å². The summed E-state index contributed by atoms with van der Waals surface area (Å²) in [7, 11) is 0. The second-order valence-corrected chi connectivity index (χ2v) is 3.78. The quantitative estimate of drug-likeness (QED) is 0.490. The topological polar surface area (TPSA) is 0 Å². The molecule has 0 saturated heterocycles. The lowest BCUT2D eigenvalue weighted by Gasteiger charge is -1.97. The maximum Gasteiger partial charge on any atom is 0.0141 e. The van der Waals surface area contributed by atoms with Gasteiger partial charge in [0, 0.05) is 5.03 Å². The van der Waals surface area contributed by atoms with E-state index >= 15 is 0 Å². The Morgan fingerprint density at radius 3 is 2.67 bits per heavy atom. The first-order valence-corrected chi connectivity index (χ1v) is 5.27. The third kappa shape index (κ3) is 4.61. The van der Waals surface area contributed by atoms with E-state index in [0.29, 0.717) is 0 Å². The van der Waals surface area contributed by atoms with Crippen molar-refractivity contribution in [3.8, 4) is 0 Å². The highest BCUT2D eigenvalue weighted by atomic mass is 35.5. The molecule has 12 heavy (non-hydrogen) atoms. The summed E-state index contributed by atoms with van der Waals surface area (Å²) in [6.07, 6.45) is 15.2. The second kappa shape index (κ2) is 6.30. The molecule has 1 heteroatoms. The Balaban J connectivity index is 2.34. The van der Waals surface area contributed by atoms with Gasteiger partial charge in [0.15, 0.2) is 0 Å². The summed E-state index contributed by atoms with van der Waals surface area (Å²) < 4.78 is 0. The molecule has 0 N–H and O–H groups in total. The summed E-state index contributed by atoms with van der Waals surface area (Å²) in [6, 6.07) is 0. The minimum atomic E-state index is 1.06. The largest absolute Gasteiger partial charge is 0.0895 e. The fraction of sp³-hybridized carbons (Fsp3) is 0.636. The van der Waals surface area contributed by atoms with Crippen LogP contribution in [0.25, 0.3) is 0 Å². The third-order valence-electron chi connectivity index (χ3n) is 2.15. The van der Waals surface area contributed by atoms with Gasteiger partial charge in [0.25, 0.3) is 0 Å². The number of rotatable bonds is 0. The van der Waals surface area contributed by atoms with Crippen molar-refractivity contribution in [2.75, 3.05) is 0 Å². The molecule has 68 valence electrons. The van der Waals surface area contributed by atoms with Crippen LogP contribution in [0.1, 0.15) is 44.9 Å². The van der Waals surface area contributed by atoms with Crippen LogP contribution in [0, 0.1) is 0 Å². The minimum absolute atomic E-state index is 1.06. The molecule has 0 amide bonds. The van der Waals surface area contributed by atoms with Crippen LogP contribution in [0.4, 0.5) is 0 Å². The predicted octanol–water partition coefficient (Wildman–Crippen LogP) is 4.41. The lowest BCUT2D eigenvalue weighted by molar-refractivity contribution is 0.692. The Labute approximate surface area is 80.3 Å². The highest BCUT2D eigenvalue weighted by Crippen LogP contribution is 2.16. The Kier molecular flexibility index (Phi) is 5.18. The van der Waals surface area contributed by atoms with Crippen LogP contribution < -0.4 is 0 Å². The molecule has 1 aliphatic carbocycles. The van der Waals surface area contributed by atoms with Crippen molar-refractivity contribution in [2.24, 2.45) is 0 Å². The van der Waals surface area contributed by atoms with Crippen LogP contribution >= 0.6 is 11.6 Å². The normalized spacial score (nSPS) is 28.2. The van der Waals surface area contributed by atoms with E-state index in [4.69, 9.17) is 11.6 Å². The fourth-order valence-corrected chi connectivity index (χ4v) is 1.65. The van der Waals surface area contributed by atoms with E-state index in [1.54, 1.807) is 0 Å². The summed E-state index contributed by atoms with van der Waals surface area (Å²) >= 11 is 6.01. The average molecular weight is 185 g/mol.